The third kappa shape index (κ3) is 2.13. The van der Waals surface area contributed by atoms with Crippen LogP contribution in [0.1, 0.15) is 0 Å². The standard InChI is InChI=1S/C4H15GeN3/c5-4(1-6,2-7)3-8/h1-3,6-8H2,5H3. The molecule has 0 aromatic rings. The van der Waals surface area contributed by atoms with Gasteiger partial charge >= 0.3 is 57.6 Å². The molecular weight excluding hydrogens is 163 g/mol. The Kier molecular flexibility index (Phi) is 3.63. The molecule has 0 saturated heterocycles. The van der Waals surface area contributed by atoms with Crippen molar-refractivity contribution in [2.45, 2.75) is 4.25 Å². The summed E-state index contributed by atoms with van der Waals surface area (Å²) in [5, 5.41) is 0. The van der Waals surface area contributed by atoms with E-state index in [1.807, 2.05) is 0 Å². The second kappa shape index (κ2) is 3.45. The summed E-state index contributed by atoms with van der Waals surface area (Å²) in [5.74, 6) is 0. The van der Waals surface area contributed by atoms with Gasteiger partial charge in [0.2, 0.25) is 0 Å². The van der Waals surface area contributed by atoms with Crippen LogP contribution in [-0.4, -0.2) is 36.1 Å². The average molecular weight is 178 g/mol. The Morgan fingerprint density at radius 3 is 1.25 bits per heavy atom. The zero-order valence-electron chi connectivity index (χ0n) is 5.35. The molecule has 0 heterocycles. The zero-order valence-corrected chi connectivity index (χ0v) is 9.55. The molecule has 0 bridgehead atoms. The molecule has 0 aromatic carbocycles. The van der Waals surface area contributed by atoms with Crippen LogP contribution in [0.2, 0.25) is 4.25 Å². The van der Waals surface area contributed by atoms with Crippen molar-refractivity contribution in [1.82, 2.24) is 0 Å². The van der Waals surface area contributed by atoms with Crippen molar-refractivity contribution < 1.29 is 0 Å². The molecule has 4 heteroatoms. The maximum atomic E-state index is 5.41. The Morgan fingerprint density at radius 2 is 1.25 bits per heavy atom. The van der Waals surface area contributed by atoms with Gasteiger partial charge in [0.15, 0.2) is 0 Å². The van der Waals surface area contributed by atoms with E-state index < -0.39 is 0 Å². The van der Waals surface area contributed by atoms with E-state index >= 15 is 0 Å². The molecule has 6 N–H and O–H groups in total. The first kappa shape index (κ1) is 8.42. The van der Waals surface area contributed by atoms with Crippen LogP contribution in [0.25, 0.3) is 0 Å². The molecule has 3 nitrogen and oxygen atoms in total. The maximum absolute atomic E-state index is 5.41. The third-order valence-electron chi connectivity index (χ3n) is 1.48. The van der Waals surface area contributed by atoms with Gasteiger partial charge in [0.25, 0.3) is 0 Å². The quantitative estimate of drug-likeness (QED) is 0.414. The second-order valence-corrected chi connectivity index (χ2v) is 6.87. The minimum absolute atomic E-state index is 0.146. The van der Waals surface area contributed by atoms with E-state index in [-0.39, 0.29) is 4.25 Å². The summed E-state index contributed by atoms with van der Waals surface area (Å²) in [6.45, 7) is 1.96. The van der Waals surface area contributed by atoms with E-state index in [9.17, 15) is 0 Å². The molecule has 0 aliphatic rings. The summed E-state index contributed by atoms with van der Waals surface area (Å²) in [6.07, 6.45) is 0. The van der Waals surface area contributed by atoms with Gasteiger partial charge in [0.1, 0.15) is 0 Å². The molecule has 0 fully saturated rings. The third-order valence-corrected chi connectivity index (χ3v) is 4.05. The number of hydrogen-bond donors (Lipinski definition) is 3. The van der Waals surface area contributed by atoms with Crippen molar-refractivity contribution in [2.75, 3.05) is 19.6 Å². The number of hydrogen-bond acceptors (Lipinski definition) is 3. The van der Waals surface area contributed by atoms with Crippen molar-refractivity contribution >= 4 is 16.5 Å². The SMILES string of the molecule is NC[C]([GeH3])(CN)CN. The van der Waals surface area contributed by atoms with Gasteiger partial charge in [-0.25, -0.2) is 0 Å². The molecule has 0 radical (unpaired) electrons. The van der Waals surface area contributed by atoms with Crippen LogP contribution >= 0.6 is 0 Å². The van der Waals surface area contributed by atoms with Gasteiger partial charge in [-0.3, -0.25) is 0 Å². The van der Waals surface area contributed by atoms with Crippen LogP contribution in [-0.2, 0) is 0 Å². The Labute approximate surface area is 58.2 Å². The van der Waals surface area contributed by atoms with E-state index in [0.29, 0.717) is 36.1 Å². The molecule has 50 valence electrons. The van der Waals surface area contributed by atoms with Gasteiger partial charge in [-0.1, -0.05) is 0 Å². The molecule has 0 unspecified atom stereocenters. The van der Waals surface area contributed by atoms with Gasteiger partial charge in [0, 0.05) is 0 Å². The van der Waals surface area contributed by atoms with Crippen LogP contribution < -0.4 is 17.2 Å². The molecule has 0 aromatic heterocycles. The summed E-state index contributed by atoms with van der Waals surface area (Å²) < 4.78 is 0.146. The Morgan fingerprint density at radius 1 is 1.00 bits per heavy atom. The topological polar surface area (TPSA) is 78.1 Å². The Balaban J connectivity index is 3.58. The van der Waals surface area contributed by atoms with Gasteiger partial charge in [-0.15, -0.1) is 0 Å². The summed E-state index contributed by atoms with van der Waals surface area (Å²) >= 11 is 0.651. The average Bonchev–Trinajstić information content (AvgIpc) is 1.87. The Hall–Kier alpha value is 0.423. The minimum atomic E-state index is 0.146. The van der Waals surface area contributed by atoms with Crippen molar-refractivity contribution in [2.24, 2.45) is 17.2 Å². The summed E-state index contributed by atoms with van der Waals surface area (Å²) in [6, 6.07) is 0. The van der Waals surface area contributed by atoms with E-state index in [0.717, 1.165) is 0 Å². The molecule has 8 heavy (non-hydrogen) atoms. The van der Waals surface area contributed by atoms with Crippen molar-refractivity contribution in [1.29, 1.82) is 0 Å². The first-order chi connectivity index (χ1) is 3.68. The zero-order chi connectivity index (χ0) is 6.62. The predicted molar refractivity (Wildman–Crippen MR) is 39.8 cm³/mol. The molecule has 0 amide bonds. The molecule has 0 rings (SSSR count). The molecular formula is C4H15GeN3. The second-order valence-electron chi connectivity index (χ2n) is 2.42. The van der Waals surface area contributed by atoms with Gasteiger partial charge in [-0.2, -0.15) is 0 Å². The van der Waals surface area contributed by atoms with E-state index in [1.165, 1.54) is 0 Å². The van der Waals surface area contributed by atoms with Crippen molar-refractivity contribution in [3.8, 4) is 0 Å². The van der Waals surface area contributed by atoms with Gasteiger partial charge in [0.05, 0.1) is 0 Å². The summed E-state index contributed by atoms with van der Waals surface area (Å²) in [7, 11) is 0. The summed E-state index contributed by atoms with van der Waals surface area (Å²) in [4.78, 5) is 0. The van der Waals surface area contributed by atoms with E-state index in [4.69, 9.17) is 17.2 Å². The van der Waals surface area contributed by atoms with E-state index in [1.54, 1.807) is 0 Å². The van der Waals surface area contributed by atoms with Crippen LogP contribution in [0.5, 0.6) is 0 Å². The first-order valence-corrected chi connectivity index (χ1v) is 4.88. The van der Waals surface area contributed by atoms with Crippen LogP contribution in [0.4, 0.5) is 0 Å². The normalized spacial score (nSPS) is 12.4. The molecule has 0 spiro atoms. The monoisotopic (exact) mass is 179 g/mol. The molecule has 0 saturated carbocycles. The molecule has 0 aliphatic carbocycles. The molecule has 0 aliphatic heterocycles. The van der Waals surface area contributed by atoms with Gasteiger partial charge < -0.3 is 0 Å². The first-order valence-electron chi connectivity index (χ1n) is 2.79. The number of rotatable bonds is 3. The summed E-state index contributed by atoms with van der Waals surface area (Å²) in [5.41, 5.74) is 16.2. The fraction of sp³-hybridized carbons (Fsp3) is 1.00. The number of nitrogens with two attached hydrogens (primary N) is 3. The van der Waals surface area contributed by atoms with Crippen LogP contribution in [0.3, 0.4) is 0 Å². The molecule has 0 atom stereocenters. The predicted octanol–water partition coefficient (Wildman–Crippen LogP) is -2.61. The fourth-order valence-corrected chi connectivity index (χ4v) is 0.250. The Bertz CT molecular complexity index is 54.0. The fourth-order valence-electron chi connectivity index (χ4n) is 0.250. The van der Waals surface area contributed by atoms with Crippen LogP contribution in [0, 0.1) is 0 Å². The van der Waals surface area contributed by atoms with E-state index in [2.05, 4.69) is 0 Å². The van der Waals surface area contributed by atoms with Crippen molar-refractivity contribution in [3.05, 3.63) is 0 Å². The van der Waals surface area contributed by atoms with Crippen LogP contribution in [0.15, 0.2) is 0 Å². The van der Waals surface area contributed by atoms with Gasteiger partial charge in [-0.05, 0) is 0 Å². The van der Waals surface area contributed by atoms with Crippen molar-refractivity contribution in [3.63, 3.8) is 0 Å².